The number of hydrogen-bond donors (Lipinski definition) is 1. The summed E-state index contributed by atoms with van der Waals surface area (Å²) in [6, 6.07) is 12.1. The molecule has 3 aliphatic heterocycles. The van der Waals surface area contributed by atoms with Gasteiger partial charge in [-0.05, 0) is 60.9 Å². The molecule has 0 aromatic heterocycles. The lowest BCUT2D eigenvalue weighted by molar-refractivity contribution is -0.162. The van der Waals surface area contributed by atoms with Crippen molar-refractivity contribution in [1.82, 2.24) is 4.90 Å². The van der Waals surface area contributed by atoms with Crippen molar-refractivity contribution in [3.8, 4) is 0 Å². The zero-order chi connectivity index (χ0) is 30.9. The number of carbonyl (C=O) groups is 3. The Morgan fingerprint density at radius 1 is 1.16 bits per heavy atom. The third-order valence-electron chi connectivity index (χ3n) is 9.64. The van der Waals surface area contributed by atoms with Crippen LogP contribution in [0.4, 0.5) is 5.69 Å². The summed E-state index contributed by atoms with van der Waals surface area (Å²) >= 11 is 0. The van der Waals surface area contributed by atoms with Crippen LogP contribution in [0, 0.1) is 17.8 Å². The fourth-order valence-electron chi connectivity index (χ4n) is 7.78. The van der Waals surface area contributed by atoms with Crippen LogP contribution in [0.3, 0.4) is 0 Å². The summed E-state index contributed by atoms with van der Waals surface area (Å²) in [6.07, 6.45) is 5.85. The standard InChI is InChI=1S/C35H44N2O6/c1-6-9-19-42-33(41)29-28-31(39)37(27(22-38)20-23(4)5)30(35(28)17-16-34(29,8-3)43-35)32(40)36(18-7-2)26-15-14-24-12-10-11-13-25(24)21-26/h6-7,10-15,21,23,27-30,38H,1-2,8-9,16-20,22H2,3-5H3/t27-,28+,29-,30?,34+,35?/m1/s1. The number of aliphatic hydroxyl groups excluding tert-OH is 1. The molecule has 8 nitrogen and oxygen atoms in total. The highest BCUT2D eigenvalue weighted by molar-refractivity contribution is 6.05. The Balaban J connectivity index is 1.62. The van der Waals surface area contributed by atoms with Crippen LogP contribution in [0.15, 0.2) is 67.8 Å². The number of benzene rings is 2. The molecule has 2 aromatic rings. The minimum absolute atomic E-state index is 0.155. The number of esters is 1. The van der Waals surface area contributed by atoms with Crippen LogP contribution in [-0.4, -0.2) is 70.8 Å². The number of amides is 2. The van der Waals surface area contributed by atoms with Crippen molar-refractivity contribution in [2.24, 2.45) is 17.8 Å². The Bertz CT molecular complexity index is 1410. The molecule has 3 aliphatic rings. The van der Waals surface area contributed by atoms with Gasteiger partial charge in [-0.15, -0.1) is 13.2 Å². The normalized spacial score (nSPS) is 28.3. The molecule has 0 radical (unpaired) electrons. The largest absolute Gasteiger partial charge is 0.465 e. The number of rotatable bonds is 13. The average Bonchev–Trinajstić information content (AvgIpc) is 3.61. The summed E-state index contributed by atoms with van der Waals surface area (Å²) in [4.78, 5) is 46.4. The van der Waals surface area contributed by atoms with Crippen molar-refractivity contribution >= 4 is 34.2 Å². The Morgan fingerprint density at radius 3 is 2.56 bits per heavy atom. The van der Waals surface area contributed by atoms with Crippen molar-refractivity contribution in [3.63, 3.8) is 0 Å². The van der Waals surface area contributed by atoms with Gasteiger partial charge in [0.1, 0.15) is 17.6 Å². The maximum absolute atomic E-state index is 14.9. The van der Waals surface area contributed by atoms with Gasteiger partial charge in [-0.3, -0.25) is 14.4 Å². The number of carbonyl (C=O) groups excluding carboxylic acids is 3. The first-order valence-electron chi connectivity index (χ1n) is 15.5. The van der Waals surface area contributed by atoms with Crippen LogP contribution in [-0.2, 0) is 23.9 Å². The van der Waals surface area contributed by atoms with Gasteiger partial charge in [-0.25, -0.2) is 0 Å². The Hall–Kier alpha value is -3.49. The second-order valence-electron chi connectivity index (χ2n) is 12.6. The highest BCUT2D eigenvalue weighted by atomic mass is 16.6. The zero-order valence-corrected chi connectivity index (χ0v) is 25.5. The van der Waals surface area contributed by atoms with Gasteiger partial charge >= 0.3 is 5.97 Å². The molecule has 230 valence electrons. The Labute approximate surface area is 254 Å². The molecule has 8 heteroatoms. The maximum Gasteiger partial charge on any atom is 0.312 e. The average molecular weight is 589 g/mol. The molecule has 2 aromatic carbocycles. The van der Waals surface area contributed by atoms with Crippen molar-refractivity contribution in [3.05, 3.63) is 67.8 Å². The molecule has 5 rings (SSSR count). The van der Waals surface area contributed by atoms with Gasteiger partial charge in [-0.2, -0.15) is 0 Å². The van der Waals surface area contributed by atoms with Gasteiger partial charge < -0.3 is 24.4 Å². The first-order chi connectivity index (χ1) is 20.7. The molecule has 0 aliphatic carbocycles. The van der Waals surface area contributed by atoms with E-state index in [1.807, 2.05) is 63.2 Å². The van der Waals surface area contributed by atoms with E-state index in [0.717, 1.165) is 10.8 Å². The predicted octanol–water partition coefficient (Wildman–Crippen LogP) is 5.04. The molecule has 3 saturated heterocycles. The van der Waals surface area contributed by atoms with Gasteiger partial charge in [0.25, 0.3) is 5.91 Å². The highest BCUT2D eigenvalue weighted by Gasteiger charge is 2.79. The second-order valence-corrected chi connectivity index (χ2v) is 12.6. The molecule has 2 bridgehead atoms. The van der Waals surface area contributed by atoms with Crippen molar-refractivity contribution in [2.75, 3.05) is 24.7 Å². The van der Waals surface area contributed by atoms with Gasteiger partial charge in [0.05, 0.1) is 30.8 Å². The molecular weight excluding hydrogens is 544 g/mol. The first-order valence-corrected chi connectivity index (χ1v) is 15.5. The lowest BCUT2D eigenvalue weighted by atomic mass is 9.65. The molecule has 43 heavy (non-hydrogen) atoms. The number of hydrogen-bond acceptors (Lipinski definition) is 6. The van der Waals surface area contributed by atoms with Crippen LogP contribution < -0.4 is 4.90 Å². The van der Waals surface area contributed by atoms with Crippen LogP contribution >= 0.6 is 0 Å². The molecule has 3 fully saturated rings. The summed E-state index contributed by atoms with van der Waals surface area (Å²) in [5.74, 6) is -2.66. The lowest BCUT2D eigenvalue weighted by Gasteiger charge is -2.40. The zero-order valence-electron chi connectivity index (χ0n) is 25.5. The second kappa shape index (κ2) is 12.2. The van der Waals surface area contributed by atoms with Crippen molar-refractivity contribution in [1.29, 1.82) is 0 Å². The van der Waals surface area contributed by atoms with E-state index in [-0.39, 0.29) is 37.5 Å². The van der Waals surface area contributed by atoms with E-state index in [1.165, 1.54) is 0 Å². The third-order valence-corrected chi connectivity index (χ3v) is 9.64. The van der Waals surface area contributed by atoms with Gasteiger partial charge in [0.2, 0.25) is 5.91 Å². The quantitative estimate of drug-likeness (QED) is 0.200. The number of aliphatic hydroxyl groups is 1. The molecule has 1 N–H and O–H groups in total. The fraction of sp³-hybridized carbons (Fsp3) is 0.514. The summed E-state index contributed by atoms with van der Waals surface area (Å²) < 4.78 is 12.5. The number of anilines is 1. The number of fused-ring (bicyclic) bond motifs is 2. The fourth-order valence-corrected chi connectivity index (χ4v) is 7.78. The summed E-state index contributed by atoms with van der Waals surface area (Å²) in [7, 11) is 0. The molecule has 2 unspecified atom stereocenters. The topological polar surface area (TPSA) is 96.4 Å². The van der Waals surface area contributed by atoms with E-state index >= 15 is 0 Å². The van der Waals surface area contributed by atoms with E-state index < -0.39 is 41.1 Å². The number of likely N-dealkylation sites (tertiary alicyclic amines) is 1. The van der Waals surface area contributed by atoms with Gasteiger partial charge in [-0.1, -0.05) is 63.3 Å². The molecule has 1 spiro atoms. The summed E-state index contributed by atoms with van der Waals surface area (Å²) in [6.45, 7) is 13.7. The smallest absolute Gasteiger partial charge is 0.312 e. The molecule has 2 amide bonds. The monoisotopic (exact) mass is 588 g/mol. The Kier molecular flexibility index (Phi) is 8.82. The molecule has 0 saturated carbocycles. The number of nitrogens with zero attached hydrogens (tertiary/aromatic N) is 2. The van der Waals surface area contributed by atoms with E-state index in [9.17, 15) is 19.5 Å². The van der Waals surface area contributed by atoms with Crippen LogP contribution in [0.2, 0.25) is 0 Å². The molecular formula is C35H44N2O6. The van der Waals surface area contributed by atoms with Crippen molar-refractivity contribution < 1.29 is 29.0 Å². The van der Waals surface area contributed by atoms with Crippen LogP contribution in [0.5, 0.6) is 0 Å². The van der Waals surface area contributed by atoms with Gasteiger partial charge in [0, 0.05) is 12.2 Å². The third kappa shape index (κ3) is 5.08. The highest BCUT2D eigenvalue weighted by Crippen LogP contribution is 2.65. The van der Waals surface area contributed by atoms with E-state index in [2.05, 4.69) is 13.2 Å². The predicted molar refractivity (Wildman–Crippen MR) is 166 cm³/mol. The minimum atomic E-state index is -1.22. The SMILES string of the molecule is C=CCCOC(=O)[C@H]1[C@H]2C(=O)N([C@@H](CO)CC(C)C)C(C(=O)N(CC=C)c3ccc4ccccc4c3)C23CC[C@]1(CC)O3. The number of ether oxygens (including phenoxy) is 2. The van der Waals surface area contributed by atoms with Crippen molar-refractivity contribution in [2.45, 2.75) is 76.2 Å². The molecule has 3 heterocycles. The van der Waals surface area contributed by atoms with E-state index in [4.69, 9.17) is 9.47 Å². The lowest BCUT2D eigenvalue weighted by Crippen LogP contribution is -2.59. The maximum atomic E-state index is 14.9. The first kappa shape index (κ1) is 31.0. The van der Waals surface area contributed by atoms with E-state index in [1.54, 1.807) is 22.0 Å². The molecule has 6 atom stereocenters. The van der Waals surface area contributed by atoms with Gasteiger partial charge in [0.15, 0.2) is 0 Å². The minimum Gasteiger partial charge on any atom is -0.465 e. The van der Waals surface area contributed by atoms with Crippen LogP contribution in [0.1, 0.15) is 52.9 Å². The summed E-state index contributed by atoms with van der Waals surface area (Å²) in [5, 5.41) is 12.6. The van der Waals surface area contributed by atoms with E-state index in [0.29, 0.717) is 37.8 Å². The summed E-state index contributed by atoms with van der Waals surface area (Å²) in [5.41, 5.74) is -1.43. The Morgan fingerprint density at radius 2 is 1.91 bits per heavy atom. The van der Waals surface area contributed by atoms with Crippen LogP contribution in [0.25, 0.3) is 10.8 Å².